The molecule has 0 saturated heterocycles. The first kappa shape index (κ1) is 15.5. The molecular weight excluding hydrogens is 286 g/mol. The minimum Gasteiger partial charge on any atom is -0.460 e. The third kappa shape index (κ3) is 2.67. The van der Waals surface area contributed by atoms with Gasteiger partial charge in [-0.05, 0) is 43.0 Å². The van der Waals surface area contributed by atoms with E-state index in [0.29, 0.717) is 22.3 Å². The van der Waals surface area contributed by atoms with Gasteiger partial charge >= 0.3 is 0 Å². The maximum Gasteiger partial charge on any atom is 0.195 e. The summed E-state index contributed by atoms with van der Waals surface area (Å²) >= 11 is 0. The summed E-state index contributed by atoms with van der Waals surface area (Å²) in [5, 5.41) is 0.604. The Bertz CT molecular complexity index is 929. The number of aromatic nitrogens is 1. The Morgan fingerprint density at radius 3 is 2.39 bits per heavy atom. The number of aryl methyl sites for hydroxylation is 1. The molecule has 0 atom stereocenters. The third-order valence-corrected chi connectivity index (χ3v) is 4.29. The van der Waals surface area contributed by atoms with Gasteiger partial charge < -0.3 is 4.42 Å². The molecule has 2 aromatic heterocycles. The number of hydrogen-bond acceptors (Lipinski definition) is 3. The van der Waals surface area contributed by atoms with Gasteiger partial charge in [-0.15, -0.1) is 0 Å². The predicted octanol–water partition coefficient (Wildman–Crippen LogP) is 4.77. The van der Waals surface area contributed by atoms with Crippen LogP contribution in [0.1, 0.15) is 37.7 Å². The molecule has 0 N–H and O–H groups in total. The smallest absolute Gasteiger partial charge is 0.195 e. The fraction of sp³-hybridized carbons (Fsp3) is 0.300. The highest BCUT2D eigenvalue weighted by atomic mass is 16.3. The lowest BCUT2D eigenvalue weighted by Crippen LogP contribution is -2.11. The van der Waals surface area contributed by atoms with Crippen LogP contribution in [0.15, 0.2) is 45.7 Å². The van der Waals surface area contributed by atoms with E-state index in [1.165, 1.54) is 5.56 Å². The van der Waals surface area contributed by atoms with Crippen LogP contribution in [0.25, 0.3) is 22.2 Å². The Morgan fingerprint density at radius 2 is 1.78 bits per heavy atom. The van der Waals surface area contributed by atoms with Crippen LogP contribution in [0, 0.1) is 13.8 Å². The zero-order valence-corrected chi connectivity index (χ0v) is 14.2. The molecule has 0 radical (unpaired) electrons. The molecule has 0 aliphatic carbocycles. The van der Waals surface area contributed by atoms with Crippen molar-refractivity contribution in [1.29, 1.82) is 0 Å². The van der Waals surface area contributed by atoms with Crippen molar-refractivity contribution in [3.8, 4) is 11.3 Å². The van der Waals surface area contributed by atoms with Gasteiger partial charge in [-0.1, -0.05) is 32.9 Å². The molecule has 3 heteroatoms. The van der Waals surface area contributed by atoms with Crippen molar-refractivity contribution < 1.29 is 4.42 Å². The second-order valence-electron chi connectivity index (χ2n) is 6.98. The molecule has 2 heterocycles. The Morgan fingerprint density at radius 1 is 1.04 bits per heavy atom. The standard InChI is InChI=1S/C20H21NO2/c1-12-13(2)23-19-15(7-6-8-16(19)18(12)22)17-10-9-14(11-21-17)20(3,4)5/h6-11H,1-5H3. The molecule has 3 rings (SSSR count). The van der Waals surface area contributed by atoms with E-state index >= 15 is 0 Å². The van der Waals surface area contributed by atoms with Crippen LogP contribution in [-0.4, -0.2) is 4.98 Å². The highest BCUT2D eigenvalue weighted by molar-refractivity contribution is 5.91. The summed E-state index contributed by atoms with van der Waals surface area (Å²) in [5.74, 6) is 0.654. The molecule has 0 bridgehead atoms. The Kier molecular flexibility index (Phi) is 3.59. The maximum absolute atomic E-state index is 12.4. The first-order valence-electron chi connectivity index (χ1n) is 7.79. The fourth-order valence-corrected chi connectivity index (χ4v) is 2.62. The molecule has 0 spiro atoms. The highest BCUT2D eigenvalue weighted by Gasteiger charge is 2.16. The monoisotopic (exact) mass is 307 g/mol. The fourth-order valence-electron chi connectivity index (χ4n) is 2.62. The highest BCUT2D eigenvalue weighted by Crippen LogP contribution is 2.29. The third-order valence-electron chi connectivity index (χ3n) is 4.29. The van der Waals surface area contributed by atoms with Crippen molar-refractivity contribution in [3.05, 3.63) is 63.6 Å². The zero-order chi connectivity index (χ0) is 16.8. The van der Waals surface area contributed by atoms with E-state index in [4.69, 9.17) is 4.42 Å². The van der Waals surface area contributed by atoms with Crippen LogP contribution in [0.5, 0.6) is 0 Å². The van der Waals surface area contributed by atoms with E-state index in [1.807, 2.05) is 31.3 Å². The van der Waals surface area contributed by atoms with Gasteiger partial charge in [0.15, 0.2) is 5.43 Å². The summed E-state index contributed by atoms with van der Waals surface area (Å²) in [6, 6.07) is 9.70. The van der Waals surface area contributed by atoms with Crippen LogP contribution < -0.4 is 5.43 Å². The molecule has 0 unspecified atom stereocenters. The van der Waals surface area contributed by atoms with Gasteiger partial charge in [-0.3, -0.25) is 9.78 Å². The molecule has 0 aliphatic heterocycles. The number of rotatable bonds is 1. The SMILES string of the molecule is Cc1oc2c(-c3ccc(C(C)(C)C)cn3)cccc2c(=O)c1C. The lowest BCUT2D eigenvalue weighted by atomic mass is 9.88. The van der Waals surface area contributed by atoms with Crippen molar-refractivity contribution >= 4 is 11.0 Å². The van der Waals surface area contributed by atoms with E-state index < -0.39 is 0 Å². The van der Waals surface area contributed by atoms with Gasteiger partial charge in [0.05, 0.1) is 11.1 Å². The van der Waals surface area contributed by atoms with Gasteiger partial charge in [0.1, 0.15) is 11.3 Å². The molecule has 118 valence electrons. The Balaban J connectivity index is 2.23. The van der Waals surface area contributed by atoms with Gasteiger partial charge in [0.2, 0.25) is 0 Å². The molecule has 3 nitrogen and oxygen atoms in total. The molecule has 3 aromatic rings. The first-order valence-corrected chi connectivity index (χ1v) is 7.79. The normalized spacial score (nSPS) is 11.9. The van der Waals surface area contributed by atoms with E-state index in [0.717, 1.165) is 11.3 Å². The van der Waals surface area contributed by atoms with Crippen LogP contribution in [0.3, 0.4) is 0 Å². The molecule has 0 fully saturated rings. The van der Waals surface area contributed by atoms with Crippen LogP contribution in [-0.2, 0) is 5.41 Å². The number of pyridine rings is 1. The minimum atomic E-state index is 0.0249. The van der Waals surface area contributed by atoms with E-state index in [9.17, 15) is 4.79 Å². The number of hydrogen-bond donors (Lipinski definition) is 0. The molecule has 1 aromatic carbocycles. The Labute approximate surface area is 136 Å². The molecular formula is C20H21NO2. The summed E-state index contributed by atoms with van der Waals surface area (Å²) in [6.07, 6.45) is 1.90. The van der Waals surface area contributed by atoms with Crippen LogP contribution in [0.2, 0.25) is 0 Å². The van der Waals surface area contributed by atoms with Crippen LogP contribution in [0.4, 0.5) is 0 Å². The van der Waals surface area contributed by atoms with Crippen molar-refractivity contribution in [2.45, 2.75) is 40.0 Å². The number of benzene rings is 1. The second-order valence-corrected chi connectivity index (χ2v) is 6.98. The summed E-state index contributed by atoms with van der Waals surface area (Å²) in [5.41, 5.74) is 4.19. The van der Waals surface area contributed by atoms with Gasteiger partial charge in [0.25, 0.3) is 0 Å². The lowest BCUT2D eigenvalue weighted by molar-refractivity contribution is 0.559. The summed E-state index contributed by atoms with van der Waals surface area (Å²) in [6.45, 7) is 10.1. The molecule has 0 saturated carbocycles. The Hall–Kier alpha value is -2.42. The van der Waals surface area contributed by atoms with E-state index in [1.54, 1.807) is 13.0 Å². The minimum absolute atomic E-state index is 0.0249. The lowest BCUT2D eigenvalue weighted by Gasteiger charge is -2.18. The van der Waals surface area contributed by atoms with E-state index in [-0.39, 0.29) is 10.8 Å². The predicted molar refractivity (Wildman–Crippen MR) is 93.9 cm³/mol. The second kappa shape index (κ2) is 5.34. The number of para-hydroxylation sites is 1. The van der Waals surface area contributed by atoms with Crippen molar-refractivity contribution in [2.24, 2.45) is 0 Å². The number of nitrogens with zero attached hydrogens (tertiary/aromatic N) is 1. The average Bonchev–Trinajstić information content (AvgIpc) is 2.52. The molecule has 23 heavy (non-hydrogen) atoms. The topological polar surface area (TPSA) is 43.1 Å². The van der Waals surface area contributed by atoms with Gasteiger partial charge in [-0.2, -0.15) is 0 Å². The maximum atomic E-state index is 12.4. The summed E-state index contributed by atoms with van der Waals surface area (Å²) in [7, 11) is 0. The zero-order valence-electron chi connectivity index (χ0n) is 14.2. The van der Waals surface area contributed by atoms with Crippen molar-refractivity contribution in [3.63, 3.8) is 0 Å². The van der Waals surface area contributed by atoms with E-state index in [2.05, 4.69) is 31.8 Å². The van der Waals surface area contributed by atoms with Crippen LogP contribution >= 0.6 is 0 Å². The van der Waals surface area contributed by atoms with Gasteiger partial charge in [-0.25, -0.2) is 0 Å². The van der Waals surface area contributed by atoms with Gasteiger partial charge in [0, 0.05) is 17.3 Å². The molecule has 0 aliphatic rings. The first-order chi connectivity index (χ1) is 10.8. The summed E-state index contributed by atoms with van der Waals surface area (Å²) in [4.78, 5) is 17.0. The summed E-state index contributed by atoms with van der Waals surface area (Å²) < 4.78 is 5.92. The quantitative estimate of drug-likeness (QED) is 0.650. The molecule has 0 amide bonds. The average molecular weight is 307 g/mol. The van der Waals surface area contributed by atoms with Crippen molar-refractivity contribution in [2.75, 3.05) is 0 Å². The largest absolute Gasteiger partial charge is 0.460 e. The number of fused-ring (bicyclic) bond motifs is 1. The van der Waals surface area contributed by atoms with Crippen molar-refractivity contribution in [1.82, 2.24) is 4.98 Å².